The lowest BCUT2D eigenvalue weighted by molar-refractivity contribution is 0.162. The molecule has 0 bridgehead atoms. The topological polar surface area (TPSA) is 50.4 Å². The fraction of sp³-hybridized carbons (Fsp3) is 0.471. The molecule has 5 heteroatoms. The predicted molar refractivity (Wildman–Crippen MR) is 83.3 cm³/mol. The molecule has 1 saturated heterocycles. The fourth-order valence-electron chi connectivity index (χ4n) is 3.40. The number of hydrogen-bond acceptors (Lipinski definition) is 4. The van der Waals surface area contributed by atoms with Crippen LogP contribution in [0.2, 0.25) is 0 Å². The average Bonchev–Trinajstić information content (AvgIpc) is 3.10. The van der Waals surface area contributed by atoms with E-state index in [-0.39, 0.29) is 0 Å². The number of rotatable bonds is 3. The Hall–Kier alpha value is -2.01. The third-order valence-electron chi connectivity index (χ3n) is 4.59. The van der Waals surface area contributed by atoms with E-state index in [0.717, 1.165) is 31.1 Å². The van der Waals surface area contributed by atoms with E-state index >= 15 is 0 Å². The second-order valence-corrected chi connectivity index (χ2v) is 6.00. The van der Waals surface area contributed by atoms with Crippen molar-refractivity contribution in [3.63, 3.8) is 0 Å². The summed E-state index contributed by atoms with van der Waals surface area (Å²) in [6.45, 7) is 4.43. The largest absolute Gasteiger partial charge is 0.486 e. The molecule has 1 N–H and O–H groups in total. The van der Waals surface area contributed by atoms with Gasteiger partial charge in [-0.2, -0.15) is 5.10 Å². The lowest BCUT2D eigenvalue weighted by Crippen LogP contribution is -2.33. The van der Waals surface area contributed by atoms with Gasteiger partial charge in [0.05, 0.1) is 0 Å². The van der Waals surface area contributed by atoms with Gasteiger partial charge < -0.3 is 9.47 Å². The number of H-pyrrole nitrogens is 1. The van der Waals surface area contributed by atoms with Gasteiger partial charge in [-0.05, 0) is 38.1 Å². The van der Waals surface area contributed by atoms with Crippen molar-refractivity contribution in [3.05, 3.63) is 41.7 Å². The number of benzene rings is 1. The van der Waals surface area contributed by atoms with Gasteiger partial charge in [0.15, 0.2) is 11.5 Å². The molecular weight excluding hydrogens is 278 g/mol. The Morgan fingerprint density at radius 2 is 2.00 bits per heavy atom. The SMILES string of the molecule is c1cc(CN2CCC(c3ccn[nH]3)CC2)c2c(c1)OCCO2. The summed E-state index contributed by atoms with van der Waals surface area (Å²) in [4.78, 5) is 2.50. The molecule has 0 radical (unpaired) electrons. The van der Waals surface area contributed by atoms with E-state index < -0.39 is 0 Å². The Labute approximate surface area is 130 Å². The molecule has 1 aromatic carbocycles. The summed E-state index contributed by atoms with van der Waals surface area (Å²) in [6.07, 6.45) is 4.19. The van der Waals surface area contributed by atoms with Gasteiger partial charge >= 0.3 is 0 Å². The normalized spacial score (nSPS) is 19.3. The summed E-state index contributed by atoms with van der Waals surface area (Å²) in [5.74, 6) is 2.43. The molecule has 5 nitrogen and oxygen atoms in total. The first-order chi connectivity index (χ1) is 10.9. The number of nitrogens with one attached hydrogen (secondary N) is 1. The molecule has 0 atom stereocenters. The standard InChI is InChI=1S/C17H21N3O2/c1-2-14(17-16(3-1)21-10-11-22-17)12-20-8-5-13(6-9-20)15-4-7-18-19-15/h1-4,7,13H,5-6,8-12H2,(H,18,19). The van der Waals surface area contributed by atoms with Crippen LogP contribution in [0, 0.1) is 0 Å². The first-order valence-corrected chi connectivity index (χ1v) is 7.99. The Kier molecular flexibility index (Phi) is 3.72. The number of nitrogens with zero attached hydrogens (tertiary/aromatic N) is 2. The van der Waals surface area contributed by atoms with Crippen molar-refractivity contribution in [2.75, 3.05) is 26.3 Å². The Bertz CT molecular complexity index is 619. The highest BCUT2D eigenvalue weighted by Gasteiger charge is 2.23. The van der Waals surface area contributed by atoms with Gasteiger partial charge in [-0.3, -0.25) is 10.00 Å². The van der Waals surface area contributed by atoms with Crippen LogP contribution in [0.25, 0.3) is 0 Å². The predicted octanol–water partition coefficient (Wildman–Crippen LogP) is 2.56. The average molecular weight is 299 g/mol. The maximum atomic E-state index is 5.81. The molecule has 1 aromatic heterocycles. The van der Waals surface area contributed by atoms with Crippen molar-refractivity contribution in [2.24, 2.45) is 0 Å². The van der Waals surface area contributed by atoms with Crippen LogP contribution in [-0.4, -0.2) is 41.4 Å². The van der Waals surface area contributed by atoms with E-state index in [1.54, 1.807) is 0 Å². The molecule has 4 rings (SSSR count). The Morgan fingerprint density at radius 1 is 1.14 bits per heavy atom. The highest BCUT2D eigenvalue weighted by Crippen LogP contribution is 2.35. The number of piperidine rings is 1. The molecule has 0 aliphatic carbocycles. The minimum absolute atomic E-state index is 0.614. The quantitative estimate of drug-likeness (QED) is 0.946. The lowest BCUT2D eigenvalue weighted by Gasteiger charge is -2.32. The van der Waals surface area contributed by atoms with E-state index in [1.807, 2.05) is 12.3 Å². The minimum atomic E-state index is 0.614. The van der Waals surface area contributed by atoms with Gasteiger partial charge in [-0.15, -0.1) is 0 Å². The summed E-state index contributed by atoms with van der Waals surface area (Å²) < 4.78 is 11.5. The third kappa shape index (κ3) is 2.68. The van der Waals surface area contributed by atoms with Crippen LogP contribution < -0.4 is 9.47 Å². The van der Waals surface area contributed by atoms with Crippen molar-refractivity contribution in [3.8, 4) is 11.5 Å². The van der Waals surface area contributed by atoms with Gasteiger partial charge in [0.25, 0.3) is 0 Å². The molecule has 22 heavy (non-hydrogen) atoms. The second-order valence-electron chi connectivity index (χ2n) is 6.00. The lowest BCUT2D eigenvalue weighted by atomic mass is 9.93. The van der Waals surface area contributed by atoms with Gasteiger partial charge in [-0.1, -0.05) is 12.1 Å². The molecule has 0 amide bonds. The smallest absolute Gasteiger partial charge is 0.165 e. The van der Waals surface area contributed by atoms with E-state index in [2.05, 4.69) is 33.3 Å². The number of aromatic nitrogens is 2. The third-order valence-corrected chi connectivity index (χ3v) is 4.59. The van der Waals surface area contributed by atoms with Crippen molar-refractivity contribution < 1.29 is 9.47 Å². The Balaban J connectivity index is 1.41. The van der Waals surface area contributed by atoms with Crippen LogP contribution in [0.4, 0.5) is 0 Å². The van der Waals surface area contributed by atoms with Gasteiger partial charge in [0, 0.05) is 29.9 Å². The first kappa shape index (κ1) is 13.6. The summed E-state index contributed by atoms with van der Waals surface area (Å²) in [5, 5.41) is 7.17. The second kappa shape index (κ2) is 6.01. The molecule has 2 aromatic rings. The zero-order chi connectivity index (χ0) is 14.8. The summed E-state index contributed by atoms with van der Waals surface area (Å²) in [5.41, 5.74) is 2.51. The van der Waals surface area contributed by atoms with Crippen LogP contribution in [0.15, 0.2) is 30.5 Å². The highest BCUT2D eigenvalue weighted by molar-refractivity contribution is 5.47. The van der Waals surface area contributed by atoms with Gasteiger partial charge in [-0.25, -0.2) is 0 Å². The maximum absolute atomic E-state index is 5.81. The minimum Gasteiger partial charge on any atom is -0.486 e. The molecule has 3 heterocycles. The summed E-state index contributed by atoms with van der Waals surface area (Å²) >= 11 is 0. The van der Waals surface area contributed by atoms with E-state index in [4.69, 9.17) is 9.47 Å². The van der Waals surface area contributed by atoms with Crippen molar-refractivity contribution >= 4 is 0 Å². The number of fused-ring (bicyclic) bond motifs is 1. The van der Waals surface area contributed by atoms with Crippen LogP contribution >= 0.6 is 0 Å². The zero-order valence-corrected chi connectivity index (χ0v) is 12.6. The van der Waals surface area contributed by atoms with Crippen molar-refractivity contribution in [1.29, 1.82) is 0 Å². The summed E-state index contributed by atoms with van der Waals surface area (Å²) in [6, 6.07) is 8.29. The van der Waals surface area contributed by atoms with E-state index in [0.29, 0.717) is 19.1 Å². The monoisotopic (exact) mass is 299 g/mol. The summed E-state index contributed by atoms with van der Waals surface area (Å²) in [7, 11) is 0. The van der Waals surface area contributed by atoms with Crippen molar-refractivity contribution in [1.82, 2.24) is 15.1 Å². The maximum Gasteiger partial charge on any atom is 0.165 e. The van der Waals surface area contributed by atoms with Gasteiger partial charge in [0.2, 0.25) is 0 Å². The number of hydrogen-bond donors (Lipinski definition) is 1. The molecule has 0 saturated carbocycles. The Morgan fingerprint density at radius 3 is 2.82 bits per heavy atom. The van der Waals surface area contributed by atoms with Crippen LogP contribution in [0.3, 0.4) is 0 Å². The number of aromatic amines is 1. The number of ether oxygens (including phenoxy) is 2. The van der Waals surface area contributed by atoms with Crippen LogP contribution in [-0.2, 0) is 6.54 Å². The van der Waals surface area contributed by atoms with Crippen LogP contribution in [0.5, 0.6) is 11.5 Å². The van der Waals surface area contributed by atoms with Crippen LogP contribution in [0.1, 0.15) is 30.0 Å². The first-order valence-electron chi connectivity index (χ1n) is 7.99. The molecule has 2 aliphatic heterocycles. The van der Waals surface area contributed by atoms with E-state index in [1.165, 1.54) is 24.1 Å². The molecule has 0 unspecified atom stereocenters. The highest BCUT2D eigenvalue weighted by atomic mass is 16.6. The molecule has 2 aliphatic rings. The van der Waals surface area contributed by atoms with Crippen molar-refractivity contribution in [2.45, 2.75) is 25.3 Å². The molecule has 116 valence electrons. The number of likely N-dealkylation sites (tertiary alicyclic amines) is 1. The van der Waals surface area contributed by atoms with E-state index in [9.17, 15) is 0 Å². The molecular formula is C17H21N3O2. The fourth-order valence-corrected chi connectivity index (χ4v) is 3.40. The number of para-hydroxylation sites is 1. The molecule has 0 spiro atoms. The molecule has 1 fully saturated rings. The zero-order valence-electron chi connectivity index (χ0n) is 12.6. The van der Waals surface area contributed by atoms with Gasteiger partial charge in [0.1, 0.15) is 13.2 Å².